The molecule has 0 radical (unpaired) electrons. The summed E-state index contributed by atoms with van der Waals surface area (Å²) in [4.78, 5) is 14.6. The van der Waals surface area contributed by atoms with E-state index in [1.807, 2.05) is 54.6 Å². The Morgan fingerprint density at radius 1 is 1.03 bits per heavy atom. The number of hydrogen-bond acceptors (Lipinski definition) is 5. The summed E-state index contributed by atoms with van der Waals surface area (Å²) in [6.07, 6.45) is -0.324. The Labute approximate surface area is 194 Å². The van der Waals surface area contributed by atoms with Crippen molar-refractivity contribution >= 4 is 15.9 Å². The molecule has 0 saturated carbocycles. The summed E-state index contributed by atoms with van der Waals surface area (Å²) >= 11 is 0. The number of sulfonamides is 1. The SMILES string of the molecule is Cc1ccc(C(=O)N(C)C[C@H]2COc3ccccc3O2)cc1S(=O)(=O)NCc1ccccc1. The lowest BCUT2D eigenvalue weighted by Crippen LogP contribution is -2.41. The first-order chi connectivity index (χ1) is 15.8. The monoisotopic (exact) mass is 466 g/mol. The highest BCUT2D eigenvalue weighted by Gasteiger charge is 2.25. The molecule has 7 nitrogen and oxygen atoms in total. The van der Waals surface area contributed by atoms with Gasteiger partial charge in [0.15, 0.2) is 17.6 Å². The van der Waals surface area contributed by atoms with Crippen LogP contribution in [0.15, 0.2) is 77.7 Å². The summed E-state index contributed by atoms with van der Waals surface area (Å²) in [6, 6.07) is 21.4. The molecule has 1 heterocycles. The Hall–Kier alpha value is -3.36. The number of rotatable bonds is 7. The topological polar surface area (TPSA) is 84.9 Å². The summed E-state index contributed by atoms with van der Waals surface area (Å²) in [6.45, 7) is 2.50. The van der Waals surface area contributed by atoms with E-state index in [4.69, 9.17) is 9.47 Å². The second-order valence-corrected chi connectivity index (χ2v) is 9.71. The van der Waals surface area contributed by atoms with Gasteiger partial charge in [-0.3, -0.25) is 4.79 Å². The lowest BCUT2D eigenvalue weighted by atomic mass is 10.1. The number of nitrogens with one attached hydrogen (secondary N) is 1. The summed E-state index contributed by atoms with van der Waals surface area (Å²) in [5, 5.41) is 0. The molecular formula is C25H26N2O5S. The molecule has 0 spiro atoms. The van der Waals surface area contributed by atoms with Crippen LogP contribution < -0.4 is 14.2 Å². The zero-order valence-electron chi connectivity index (χ0n) is 18.5. The van der Waals surface area contributed by atoms with E-state index in [1.54, 1.807) is 26.1 Å². The van der Waals surface area contributed by atoms with Crippen LogP contribution in [0.4, 0.5) is 0 Å². The highest BCUT2D eigenvalue weighted by molar-refractivity contribution is 7.89. The van der Waals surface area contributed by atoms with Crippen molar-refractivity contribution in [3.8, 4) is 11.5 Å². The Morgan fingerprint density at radius 3 is 2.48 bits per heavy atom. The Morgan fingerprint density at radius 2 is 1.73 bits per heavy atom. The van der Waals surface area contributed by atoms with E-state index in [9.17, 15) is 13.2 Å². The van der Waals surface area contributed by atoms with Gasteiger partial charge in [0.2, 0.25) is 10.0 Å². The van der Waals surface area contributed by atoms with Crippen LogP contribution >= 0.6 is 0 Å². The molecule has 0 unspecified atom stereocenters. The number of fused-ring (bicyclic) bond motifs is 1. The Bertz CT molecular complexity index is 1240. The van der Waals surface area contributed by atoms with Crippen LogP contribution in [0.5, 0.6) is 11.5 Å². The van der Waals surface area contributed by atoms with Crippen LogP contribution in [-0.4, -0.2) is 45.5 Å². The van der Waals surface area contributed by atoms with E-state index in [-0.39, 0.29) is 23.5 Å². The smallest absolute Gasteiger partial charge is 0.253 e. The van der Waals surface area contributed by atoms with Crippen molar-refractivity contribution in [1.29, 1.82) is 0 Å². The standard InChI is InChI=1S/C25H26N2O5S/c1-18-12-13-20(14-24(18)33(29,30)26-15-19-8-4-3-5-9-19)25(28)27(2)16-21-17-31-22-10-6-7-11-23(22)32-21/h3-14,21,26H,15-17H2,1-2H3/t21-/m0/s1. The number of benzene rings is 3. The predicted octanol–water partition coefficient (Wildman–Crippen LogP) is 3.39. The molecule has 3 aromatic rings. The Balaban J connectivity index is 1.45. The molecule has 8 heteroatoms. The van der Waals surface area contributed by atoms with Crippen LogP contribution in [0.1, 0.15) is 21.5 Å². The molecule has 4 rings (SSSR count). The maximum absolute atomic E-state index is 13.0. The molecule has 0 saturated heterocycles. The van der Waals surface area contributed by atoms with Crippen molar-refractivity contribution in [2.45, 2.75) is 24.5 Å². The molecule has 1 N–H and O–H groups in total. The summed E-state index contributed by atoms with van der Waals surface area (Å²) in [5.74, 6) is 1.03. The fourth-order valence-corrected chi connectivity index (χ4v) is 4.92. The quantitative estimate of drug-likeness (QED) is 0.577. The van der Waals surface area contributed by atoms with Gasteiger partial charge in [-0.1, -0.05) is 48.5 Å². The van der Waals surface area contributed by atoms with Gasteiger partial charge in [-0.25, -0.2) is 13.1 Å². The van der Waals surface area contributed by atoms with Gasteiger partial charge >= 0.3 is 0 Å². The van der Waals surface area contributed by atoms with Crippen LogP contribution in [0, 0.1) is 6.92 Å². The number of hydrogen-bond donors (Lipinski definition) is 1. The normalized spacial score (nSPS) is 15.2. The van der Waals surface area contributed by atoms with Crippen LogP contribution in [0.2, 0.25) is 0 Å². The minimum absolute atomic E-state index is 0.0869. The first-order valence-electron chi connectivity index (χ1n) is 10.6. The largest absolute Gasteiger partial charge is 0.486 e. The molecule has 0 fully saturated rings. The molecular weight excluding hydrogens is 440 g/mol. The molecule has 1 amide bonds. The van der Waals surface area contributed by atoms with Crippen molar-refractivity contribution in [2.75, 3.05) is 20.2 Å². The van der Waals surface area contributed by atoms with Crippen molar-refractivity contribution in [3.63, 3.8) is 0 Å². The lowest BCUT2D eigenvalue weighted by molar-refractivity contribution is 0.0521. The molecule has 33 heavy (non-hydrogen) atoms. The average Bonchev–Trinajstić information content (AvgIpc) is 2.83. The van der Waals surface area contributed by atoms with Crippen molar-refractivity contribution in [3.05, 3.63) is 89.5 Å². The fourth-order valence-electron chi connectivity index (χ4n) is 3.64. The van der Waals surface area contributed by atoms with E-state index in [1.165, 1.54) is 11.0 Å². The van der Waals surface area contributed by atoms with Crippen LogP contribution in [0.25, 0.3) is 0 Å². The van der Waals surface area contributed by atoms with Crippen molar-refractivity contribution < 1.29 is 22.7 Å². The number of carbonyl (C=O) groups is 1. The number of aryl methyl sites for hydroxylation is 1. The fraction of sp³-hybridized carbons (Fsp3) is 0.240. The molecule has 0 aromatic heterocycles. The molecule has 1 aliphatic rings. The molecule has 1 atom stereocenters. The average molecular weight is 467 g/mol. The minimum atomic E-state index is -3.80. The minimum Gasteiger partial charge on any atom is -0.486 e. The zero-order valence-corrected chi connectivity index (χ0v) is 19.3. The molecule has 3 aromatic carbocycles. The highest BCUT2D eigenvalue weighted by Crippen LogP contribution is 2.31. The summed E-state index contributed by atoms with van der Waals surface area (Å²) < 4.78 is 40.1. The van der Waals surface area contributed by atoms with E-state index in [2.05, 4.69) is 4.72 Å². The van der Waals surface area contributed by atoms with Gasteiger partial charge in [0.1, 0.15) is 6.61 Å². The first-order valence-corrected chi connectivity index (χ1v) is 12.1. The van der Waals surface area contributed by atoms with Crippen LogP contribution in [0.3, 0.4) is 0 Å². The zero-order chi connectivity index (χ0) is 23.4. The third kappa shape index (κ3) is 5.35. The van der Waals surface area contributed by atoms with Gasteiger partial charge in [0, 0.05) is 19.2 Å². The lowest BCUT2D eigenvalue weighted by Gasteiger charge is -2.29. The predicted molar refractivity (Wildman–Crippen MR) is 125 cm³/mol. The number of para-hydroxylation sites is 2. The second kappa shape index (κ2) is 9.64. The number of carbonyl (C=O) groups excluding carboxylic acids is 1. The van der Waals surface area contributed by atoms with E-state index >= 15 is 0 Å². The number of likely N-dealkylation sites (N-methyl/N-ethyl adjacent to an activating group) is 1. The van der Waals surface area contributed by atoms with Gasteiger partial charge in [-0.05, 0) is 42.3 Å². The van der Waals surface area contributed by atoms with Gasteiger partial charge < -0.3 is 14.4 Å². The number of amides is 1. The number of ether oxygens (including phenoxy) is 2. The maximum atomic E-state index is 13.0. The molecule has 0 bridgehead atoms. The highest BCUT2D eigenvalue weighted by atomic mass is 32.2. The second-order valence-electron chi connectivity index (χ2n) is 7.97. The Kier molecular flexibility index (Phi) is 6.67. The van der Waals surface area contributed by atoms with Crippen molar-refractivity contribution in [2.24, 2.45) is 0 Å². The summed E-state index contributed by atoms with van der Waals surface area (Å²) in [5.41, 5.74) is 1.71. The van der Waals surface area contributed by atoms with Gasteiger partial charge in [0.25, 0.3) is 5.91 Å². The third-order valence-corrected chi connectivity index (χ3v) is 6.97. The van der Waals surface area contributed by atoms with Crippen LogP contribution in [-0.2, 0) is 16.6 Å². The van der Waals surface area contributed by atoms with Gasteiger partial charge in [0.05, 0.1) is 11.4 Å². The maximum Gasteiger partial charge on any atom is 0.253 e. The molecule has 172 valence electrons. The molecule has 0 aliphatic carbocycles. The first kappa shape index (κ1) is 22.8. The third-order valence-electron chi connectivity index (χ3n) is 5.43. The summed E-state index contributed by atoms with van der Waals surface area (Å²) in [7, 11) is -2.14. The van der Waals surface area contributed by atoms with Gasteiger partial charge in [-0.2, -0.15) is 0 Å². The number of nitrogens with zero attached hydrogens (tertiary/aromatic N) is 1. The molecule has 1 aliphatic heterocycles. The van der Waals surface area contributed by atoms with E-state index in [0.717, 1.165) is 5.56 Å². The van der Waals surface area contributed by atoms with Gasteiger partial charge in [-0.15, -0.1) is 0 Å². The van der Waals surface area contributed by atoms with Crippen molar-refractivity contribution in [1.82, 2.24) is 9.62 Å². The van der Waals surface area contributed by atoms with E-state index in [0.29, 0.717) is 35.8 Å². The van der Waals surface area contributed by atoms with E-state index < -0.39 is 10.0 Å².